The van der Waals surface area contributed by atoms with Crippen LogP contribution in [0.15, 0.2) is 60.7 Å². The summed E-state index contributed by atoms with van der Waals surface area (Å²) in [6.07, 6.45) is 3.94. The number of aliphatic hydroxyl groups excluding tert-OH is 1. The molecule has 0 aromatic heterocycles. The Kier molecular flexibility index (Phi) is 13.2. The van der Waals surface area contributed by atoms with Gasteiger partial charge in [0.1, 0.15) is 19.3 Å². The van der Waals surface area contributed by atoms with Crippen molar-refractivity contribution in [3.05, 3.63) is 71.8 Å². The fraction of sp³-hybridized carbons (Fsp3) is 0.486. The maximum Gasteiger partial charge on any atom is 0.407 e. The minimum absolute atomic E-state index is 0.0211. The van der Waals surface area contributed by atoms with Crippen molar-refractivity contribution in [1.82, 2.24) is 16.0 Å². The highest BCUT2D eigenvalue weighted by atomic mass is 16.6. The molecule has 11 heteroatoms. The second kappa shape index (κ2) is 17.5. The van der Waals surface area contributed by atoms with Crippen LogP contribution in [0.5, 0.6) is 0 Å². The van der Waals surface area contributed by atoms with E-state index in [9.17, 15) is 19.2 Å². The molecule has 1 aliphatic carbocycles. The van der Waals surface area contributed by atoms with Crippen LogP contribution >= 0.6 is 0 Å². The van der Waals surface area contributed by atoms with E-state index in [0.29, 0.717) is 12.8 Å². The first-order chi connectivity index (χ1) is 22.3. The normalized spacial score (nSPS) is 20.3. The summed E-state index contributed by atoms with van der Waals surface area (Å²) < 4.78 is 16.4. The van der Waals surface area contributed by atoms with Gasteiger partial charge in [-0.25, -0.2) is 9.59 Å². The van der Waals surface area contributed by atoms with Crippen LogP contribution in [-0.2, 0) is 28.6 Å². The summed E-state index contributed by atoms with van der Waals surface area (Å²) in [5.41, 5.74) is 4.42. The van der Waals surface area contributed by atoms with Crippen LogP contribution in [0.25, 0.3) is 11.1 Å². The van der Waals surface area contributed by atoms with Gasteiger partial charge in [0.15, 0.2) is 0 Å². The van der Waals surface area contributed by atoms with Gasteiger partial charge in [-0.3, -0.25) is 9.59 Å². The van der Waals surface area contributed by atoms with E-state index in [0.717, 1.165) is 22.3 Å². The average Bonchev–Trinajstić information content (AvgIpc) is 3.37. The van der Waals surface area contributed by atoms with Crippen molar-refractivity contribution in [2.45, 2.75) is 57.5 Å². The van der Waals surface area contributed by atoms with Gasteiger partial charge >= 0.3 is 12.1 Å². The fourth-order valence-corrected chi connectivity index (χ4v) is 5.65. The molecule has 2 aromatic rings. The van der Waals surface area contributed by atoms with Crippen molar-refractivity contribution in [1.29, 1.82) is 0 Å². The predicted octanol–water partition coefficient (Wildman–Crippen LogP) is 3.45. The second-order valence-corrected chi connectivity index (χ2v) is 11.9. The van der Waals surface area contributed by atoms with Crippen LogP contribution in [0.3, 0.4) is 0 Å². The number of nitrogens with one attached hydrogen (secondary N) is 3. The first-order valence-electron chi connectivity index (χ1n) is 16.0. The Labute approximate surface area is 270 Å². The van der Waals surface area contributed by atoms with Gasteiger partial charge in [0.2, 0.25) is 11.8 Å². The molecule has 3 amide bonds. The largest absolute Gasteiger partial charge is 0.462 e. The summed E-state index contributed by atoms with van der Waals surface area (Å²) >= 11 is 0. The highest BCUT2D eigenvalue weighted by Gasteiger charge is 2.31. The Balaban J connectivity index is 1.36. The number of esters is 1. The molecular weight excluding hydrogens is 590 g/mol. The molecule has 4 rings (SSSR count). The average molecular weight is 636 g/mol. The Morgan fingerprint density at radius 3 is 2.39 bits per heavy atom. The van der Waals surface area contributed by atoms with Crippen LogP contribution in [0, 0.1) is 11.8 Å². The number of rotatable bonds is 11. The molecule has 1 heterocycles. The van der Waals surface area contributed by atoms with E-state index in [1.165, 1.54) is 0 Å². The van der Waals surface area contributed by atoms with E-state index in [1.807, 2.05) is 62.4 Å². The van der Waals surface area contributed by atoms with Gasteiger partial charge in [-0.1, -0.05) is 74.5 Å². The Morgan fingerprint density at radius 2 is 1.72 bits per heavy atom. The van der Waals surface area contributed by atoms with Gasteiger partial charge in [0.25, 0.3) is 0 Å². The molecule has 46 heavy (non-hydrogen) atoms. The van der Waals surface area contributed by atoms with Gasteiger partial charge in [-0.15, -0.1) is 0 Å². The smallest absolute Gasteiger partial charge is 0.407 e. The molecule has 0 fully saturated rings. The van der Waals surface area contributed by atoms with E-state index >= 15 is 0 Å². The molecule has 0 saturated carbocycles. The van der Waals surface area contributed by atoms with Crippen LogP contribution in [0.1, 0.15) is 56.6 Å². The zero-order valence-electron chi connectivity index (χ0n) is 26.5. The second-order valence-electron chi connectivity index (χ2n) is 11.9. The SMILES string of the molecule is CC(C)C1COC(=O)C(NC(=O)OCC2c3ccccc3-c3ccccc32)CCC=CCC(CC(=O)NCCOCCO)C(=O)N1. The Bertz CT molecular complexity index is 1330. The summed E-state index contributed by atoms with van der Waals surface area (Å²) in [5, 5.41) is 17.2. The van der Waals surface area contributed by atoms with Gasteiger partial charge in [-0.2, -0.15) is 0 Å². The standard InChI is InChI=1S/C35H45N3O8/c1-23(2)31-22-45-34(42)30(15-5-3-4-10-24(33(41)37-31)20-32(40)36-16-18-44-19-17-39)38-35(43)46-21-29-27-13-8-6-11-25(27)26-12-7-9-14-28(26)29/h3-4,6-9,11-14,23-24,29-31,39H,5,10,15-22H2,1-2H3,(H,36,40)(H,37,41)(H,38,43). The van der Waals surface area contributed by atoms with Gasteiger partial charge in [0, 0.05) is 18.9 Å². The monoisotopic (exact) mass is 635 g/mol. The van der Waals surface area contributed by atoms with Gasteiger partial charge in [-0.05, 0) is 47.4 Å². The fourth-order valence-electron chi connectivity index (χ4n) is 5.65. The molecular formula is C35H45N3O8. The third kappa shape index (κ3) is 9.64. The van der Waals surface area contributed by atoms with E-state index in [1.54, 1.807) is 0 Å². The topological polar surface area (TPSA) is 152 Å². The molecule has 248 valence electrons. The van der Waals surface area contributed by atoms with Crippen molar-refractivity contribution in [3.63, 3.8) is 0 Å². The number of allylic oxidation sites excluding steroid dienone is 2. The molecule has 4 N–H and O–H groups in total. The number of hydrogen-bond acceptors (Lipinski definition) is 8. The van der Waals surface area contributed by atoms with E-state index in [-0.39, 0.29) is 76.1 Å². The van der Waals surface area contributed by atoms with Crippen molar-refractivity contribution >= 4 is 23.9 Å². The maximum atomic E-state index is 13.2. The molecule has 2 aromatic carbocycles. The van der Waals surface area contributed by atoms with E-state index in [4.69, 9.17) is 19.3 Å². The molecule has 0 saturated heterocycles. The first kappa shape index (κ1) is 34.6. The van der Waals surface area contributed by atoms with Crippen molar-refractivity contribution < 1.29 is 38.5 Å². The first-order valence-corrected chi connectivity index (χ1v) is 16.0. The van der Waals surface area contributed by atoms with E-state index < -0.39 is 30.1 Å². The number of benzene rings is 2. The molecule has 11 nitrogen and oxygen atoms in total. The summed E-state index contributed by atoms with van der Waals surface area (Å²) in [6.45, 7) is 4.46. The van der Waals surface area contributed by atoms with E-state index in [2.05, 4.69) is 28.1 Å². The number of aliphatic hydroxyl groups is 1. The molecule has 0 spiro atoms. The summed E-state index contributed by atoms with van der Waals surface area (Å²) in [4.78, 5) is 51.9. The molecule has 1 aliphatic heterocycles. The zero-order valence-corrected chi connectivity index (χ0v) is 26.5. The summed E-state index contributed by atoms with van der Waals surface area (Å²) in [6, 6.07) is 14.7. The molecule has 2 aliphatic rings. The minimum Gasteiger partial charge on any atom is -0.462 e. The maximum absolute atomic E-state index is 13.2. The third-order valence-corrected chi connectivity index (χ3v) is 8.27. The highest BCUT2D eigenvalue weighted by molar-refractivity contribution is 5.86. The van der Waals surface area contributed by atoms with Crippen LogP contribution in [0.2, 0.25) is 0 Å². The minimum atomic E-state index is -0.945. The molecule has 3 unspecified atom stereocenters. The van der Waals surface area contributed by atoms with Crippen molar-refractivity contribution in [2.24, 2.45) is 11.8 Å². The lowest BCUT2D eigenvalue weighted by molar-refractivity contribution is -0.148. The molecule has 0 radical (unpaired) electrons. The number of carbonyl (C=O) groups is 4. The van der Waals surface area contributed by atoms with Crippen molar-refractivity contribution in [3.8, 4) is 11.1 Å². The number of cyclic esters (lactones) is 1. The zero-order chi connectivity index (χ0) is 32.9. The number of fused-ring (bicyclic) bond motifs is 3. The number of ether oxygens (including phenoxy) is 3. The predicted molar refractivity (Wildman–Crippen MR) is 172 cm³/mol. The third-order valence-electron chi connectivity index (χ3n) is 8.27. The van der Waals surface area contributed by atoms with Gasteiger partial charge in [0.05, 0.1) is 31.8 Å². The van der Waals surface area contributed by atoms with Crippen LogP contribution in [-0.4, -0.2) is 80.6 Å². The number of amides is 3. The quantitative estimate of drug-likeness (QED) is 0.167. The lowest BCUT2D eigenvalue weighted by Crippen LogP contribution is -2.47. The van der Waals surface area contributed by atoms with Gasteiger partial charge < -0.3 is 35.3 Å². The molecule has 3 atom stereocenters. The van der Waals surface area contributed by atoms with Crippen LogP contribution < -0.4 is 16.0 Å². The Hall–Kier alpha value is -4.22. The van der Waals surface area contributed by atoms with Crippen molar-refractivity contribution in [2.75, 3.05) is 39.6 Å². The summed E-state index contributed by atoms with van der Waals surface area (Å²) in [7, 11) is 0. The number of alkyl carbamates (subject to hydrolysis) is 1. The number of carbonyl (C=O) groups excluding carboxylic acids is 4. The molecule has 0 bridgehead atoms. The van der Waals surface area contributed by atoms with Crippen LogP contribution in [0.4, 0.5) is 4.79 Å². The highest BCUT2D eigenvalue weighted by Crippen LogP contribution is 2.44. The Morgan fingerprint density at radius 1 is 1.02 bits per heavy atom. The number of hydrogen-bond donors (Lipinski definition) is 4. The lowest BCUT2D eigenvalue weighted by Gasteiger charge is -2.25. The lowest BCUT2D eigenvalue weighted by atomic mass is 9.97. The summed E-state index contributed by atoms with van der Waals surface area (Å²) in [5.74, 6) is -2.01.